The van der Waals surface area contributed by atoms with Crippen LogP contribution in [0, 0.1) is 5.92 Å². The minimum absolute atomic E-state index is 0.0174. The lowest BCUT2D eigenvalue weighted by Gasteiger charge is -2.23. The number of anilines is 1. The van der Waals surface area contributed by atoms with Crippen LogP contribution in [0.1, 0.15) is 27.2 Å². The Balaban J connectivity index is 2.07. The zero-order valence-corrected chi connectivity index (χ0v) is 15.2. The van der Waals surface area contributed by atoms with Crippen molar-refractivity contribution >= 4 is 39.4 Å². The number of carbonyl (C=O) groups excluding carboxylic acids is 1. The average molecular weight is 373 g/mol. The Kier molecular flexibility index (Phi) is 5.14. The van der Waals surface area contributed by atoms with Crippen LogP contribution in [0.3, 0.4) is 0 Å². The molecule has 0 bridgehead atoms. The van der Waals surface area contributed by atoms with Crippen LogP contribution in [-0.2, 0) is 4.79 Å². The summed E-state index contributed by atoms with van der Waals surface area (Å²) in [5.41, 5.74) is -0.188. The highest BCUT2D eigenvalue weighted by Crippen LogP contribution is 2.30. The third kappa shape index (κ3) is 4.32. The number of carbonyl (C=O) groups is 1. The van der Waals surface area contributed by atoms with Gasteiger partial charge in [0.05, 0.1) is 10.4 Å². The van der Waals surface area contributed by atoms with Gasteiger partial charge in [-0.05, 0) is 49.4 Å². The Morgan fingerprint density at radius 2 is 2.24 bits per heavy atom. The third-order valence-corrected chi connectivity index (χ3v) is 4.36. The van der Waals surface area contributed by atoms with Crippen LogP contribution >= 0.6 is 27.7 Å². The number of halogens is 1. The van der Waals surface area contributed by atoms with Gasteiger partial charge in [0.2, 0.25) is 5.91 Å². The quantitative estimate of drug-likeness (QED) is 0.652. The standard InChI is InChI=1S/C14H21BrN4OS/c1-14(2,3)18-12(20)9-5-6-19(8-9)11-10(15)7-16-13(17-11)21-4/h7,9H,5-6,8H2,1-4H3,(H,18,20). The van der Waals surface area contributed by atoms with E-state index >= 15 is 0 Å². The Bertz CT molecular complexity index is 532. The minimum Gasteiger partial charge on any atom is -0.355 e. The van der Waals surface area contributed by atoms with Crippen LogP contribution in [0.15, 0.2) is 15.8 Å². The molecule has 2 rings (SSSR count). The number of nitrogens with zero attached hydrogens (tertiary/aromatic N) is 3. The summed E-state index contributed by atoms with van der Waals surface area (Å²) in [6.45, 7) is 7.55. The van der Waals surface area contributed by atoms with Gasteiger partial charge in [0.25, 0.3) is 0 Å². The first kappa shape index (κ1) is 16.5. The molecular formula is C14H21BrN4OS. The average Bonchev–Trinajstić information content (AvgIpc) is 2.87. The molecule has 1 aliphatic heterocycles. The Morgan fingerprint density at radius 3 is 2.86 bits per heavy atom. The summed E-state index contributed by atoms with van der Waals surface area (Å²) >= 11 is 5.02. The molecule has 1 aromatic heterocycles. The molecule has 1 N–H and O–H groups in total. The van der Waals surface area contributed by atoms with E-state index in [0.717, 1.165) is 28.4 Å². The molecule has 1 fully saturated rings. The lowest BCUT2D eigenvalue weighted by molar-refractivity contribution is -0.125. The van der Waals surface area contributed by atoms with Crippen molar-refractivity contribution in [3.05, 3.63) is 10.7 Å². The van der Waals surface area contributed by atoms with Crippen molar-refractivity contribution in [2.24, 2.45) is 5.92 Å². The second kappa shape index (κ2) is 6.52. The Labute approximate surface area is 138 Å². The zero-order chi connectivity index (χ0) is 15.6. The summed E-state index contributed by atoms with van der Waals surface area (Å²) in [4.78, 5) is 23.2. The SMILES string of the molecule is CSc1ncc(Br)c(N2CCC(C(=O)NC(C)(C)C)C2)n1. The number of aromatic nitrogens is 2. The molecular weight excluding hydrogens is 352 g/mol. The molecule has 5 nitrogen and oxygen atoms in total. The molecule has 2 heterocycles. The van der Waals surface area contributed by atoms with Crippen LogP contribution in [0.4, 0.5) is 5.82 Å². The first-order chi connectivity index (χ1) is 9.80. The molecule has 0 spiro atoms. The molecule has 1 saturated heterocycles. The van der Waals surface area contributed by atoms with Crippen LogP contribution in [0.25, 0.3) is 0 Å². The lowest BCUT2D eigenvalue weighted by atomic mass is 10.0. The fraction of sp³-hybridized carbons (Fsp3) is 0.643. The van der Waals surface area contributed by atoms with Crippen LogP contribution in [0.2, 0.25) is 0 Å². The summed E-state index contributed by atoms with van der Waals surface area (Å²) in [6, 6.07) is 0. The second-order valence-corrected chi connectivity index (χ2v) is 7.83. The molecule has 1 aliphatic rings. The van der Waals surface area contributed by atoms with Gasteiger partial charge in [-0.1, -0.05) is 11.8 Å². The number of nitrogens with one attached hydrogen (secondary N) is 1. The van der Waals surface area contributed by atoms with Crippen LogP contribution in [-0.4, -0.2) is 40.8 Å². The maximum atomic E-state index is 12.3. The van der Waals surface area contributed by atoms with Gasteiger partial charge in [0.1, 0.15) is 5.82 Å². The third-order valence-electron chi connectivity index (χ3n) is 3.24. The second-order valence-electron chi connectivity index (χ2n) is 6.20. The van der Waals surface area contributed by atoms with Gasteiger partial charge in [-0.2, -0.15) is 0 Å². The first-order valence-corrected chi connectivity index (χ1v) is 8.95. The highest BCUT2D eigenvalue weighted by Gasteiger charge is 2.31. The van der Waals surface area contributed by atoms with Gasteiger partial charge in [-0.25, -0.2) is 9.97 Å². The van der Waals surface area contributed by atoms with E-state index < -0.39 is 0 Å². The molecule has 1 unspecified atom stereocenters. The molecule has 1 atom stereocenters. The lowest BCUT2D eigenvalue weighted by Crippen LogP contribution is -2.44. The predicted octanol–water partition coefficient (Wildman–Crippen LogP) is 2.70. The van der Waals surface area contributed by atoms with E-state index in [0.29, 0.717) is 6.54 Å². The highest BCUT2D eigenvalue weighted by molar-refractivity contribution is 9.10. The van der Waals surface area contributed by atoms with E-state index in [1.165, 1.54) is 11.8 Å². The predicted molar refractivity (Wildman–Crippen MR) is 89.7 cm³/mol. The molecule has 0 saturated carbocycles. The smallest absolute Gasteiger partial charge is 0.225 e. The van der Waals surface area contributed by atoms with Gasteiger partial charge in [0.15, 0.2) is 5.16 Å². The first-order valence-electron chi connectivity index (χ1n) is 6.93. The van der Waals surface area contributed by atoms with Gasteiger partial charge < -0.3 is 10.2 Å². The number of hydrogen-bond donors (Lipinski definition) is 1. The topological polar surface area (TPSA) is 58.1 Å². The number of thioether (sulfide) groups is 1. The minimum atomic E-state index is -0.188. The van der Waals surface area contributed by atoms with E-state index in [2.05, 4.69) is 36.1 Å². The van der Waals surface area contributed by atoms with Crippen molar-refractivity contribution in [2.45, 2.75) is 37.9 Å². The molecule has 0 radical (unpaired) electrons. The number of amides is 1. The summed E-state index contributed by atoms with van der Waals surface area (Å²) < 4.78 is 0.872. The van der Waals surface area contributed by atoms with E-state index in [1.54, 1.807) is 6.20 Å². The van der Waals surface area contributed by atoms with Gasteiger partial charge >= 0.3 is 0 Å². The van der Waals surface area contributed by atoms with Crippen molar-refractivity contribution < 1.29 is 4.79 Å². The highest BCUT2D eigenvalue weighted by atomic mass is 79.9. The zero-order valence-electron chi connectivity index (χ0n) is 12.8. The van der Waals surface area contributed by atoms with Crippen LogP contribution < -0.4 is 10.2 Å². The van der Waals surface area contributed by atoms with Crippen molar-refractivity contribution in [3.8, 4) is 0 Å². The molecule has 116 valence electrons. The molecule has 1 amide bonds. The van der Waals surface area contributed by atoms with Gasteiger partial charge in [-0.3, -0.25) is 4.79 Å². The largest absolute Gasteiger partial charge is 0.355 e. The van der Waals surface area contributed by atoms with Crippen molar-refractivity contribution in [3.63, 3.8) is 0 Å². The van der Waals surface area contributed by atoms with E-state index in [9.17, 15) is 4.79 Å². The van der Waals surface area contributed by atoms with E-state index in [4.69, 9.17) is 0 Å². The van der Waals surface area contributed by atoms with Crippen molar-refractivity contribution in [1.82, 2.24) is 15.3 Å². The Morgan fingerprint density at radius 1 is 1.52 bits per heavy atom. The molecule has 0 aliphatic carbocycles. The monoisotopic (exact) mass is 372 g/mol. The van der Waals surface area contributed by atoms with Crippen molar-refractivity contribution in [2.75, 3.05) is 24.2 Å². The summed E-state index contributed by atoms with van der Waals surface area (Å²) in [6.07, 6.45) is 4.58. The molecule has 21 heavy (non-hydrogen) atoms. The summed E-state index contributed by atoms with van der Waals surface area (Å²) in [7, 11) is 0. The molecule has 0 aromatic carbocycles. The van der Waals surface area contributed by atoms with Crippen LogP contribution in [0.5, 0.6) is 0 Å². The number of rotatable bonds is 3. The van der Waals surface area contributed by atoms with E-state index in [-0.39, 0.29) is 17.4 Å². The van der Waals surface area contributed by atoms with Gasteiger partial charge in [-0.15, -0.1) is 0 Å². The summed E-state index contributed by atoms with van der Waals surface area (Å²) in [5, 5.41) is 3.80. The molecule has 1 aromatic rings. The number of hydrogen-bond acceptors (Lipinski definition) is 5. The normalized spacial score (nSPS) is 18.9. The maximum Gasteiger partial charge on any atom is 0.225 e. The van der Waals surface area contributed by atoms with E-state index in [1.807, 2.05) is 27.0 Å². The van der Waals surface area contributed by atoms with Crippen molar-refractivity contribution in [1.29, 1.82) is 0 Å². The fourth-order valence-electron chi connectivity index (χ4n) is 2.30. The Hall–Kier alpha value is -0.820. The van der Waals surface area contributed by atoms with Gasteiger partial charge in [0, 0.05) is 24.8 Å². The summed E-state index contributed by atoms with van der Waals surface area (Å²) in [5.74, 6) is 1.02. The fourth-order valence-corrected chi connectivity index (χ4v) is 3.08. The molecule has 7 heteroatoms. The maximum absolute atomic E-state index is 12.3.